The average molecular weight is 891 g/mol. The molecule has 1 aliphatic heterocycles. The highest BCUT2D eigenvalue weighted by molar-refractivity contribution is 5.99. The van der Waals surface area contributed by atoms with Gasteiger partial charge >= 0.3 is 0 Å². The zero-order valence-electron chi connectivity index (χ0n) is 37.3. The minimum atomic E-state index is -1.43. The molecular weight excluding hydrogens is 833 g/mol. The van der Waals surface area contributed by atoms with Gasteiger partial charge in [0.25, 0.3) is 11.5 Å². The summed E-state index contributed by atoms with van der Waals surface area (Å²) >= 11 is 0. The third-order valence-corrected chi connectivity index (χ3v) is 10.8. The van der Waals surface area contributed by atoms with Gasteiger partial charge in [-0.05, 0) is 84.5 Å². The molecule has 0 saturated heterocycles. The zero-order chi connectivity index (χ0) is 47.4. The molecule has 0 aliphatic carbocycles. The van der Waals surface area contributed by atoms with Gasteiger partial charge in [0.05, 0.1) is 6.07 Å². The standard InChI is InChI=1S/C47H58N10O8/c1-28-42(59)55-37(44(61)52-20-17-49)25-29-6-12-38(64-22-18-50)34(24-29)35-26-30(7-13-39(35)65-23-19-51)41(45(62)53-28)56(5)46(63)36(14-16-48)54-43(60)31-15-21-57(40(58)27-31)33-10-8-32(9-11-33)47(2,3)4/h6-13,15,21,24,26-28,36-37,41H,14,16,18-20,22-23,25,48,50-51H2,1-5H3,(H,52,61)(H,53,62)(H,54,60)(H,55,59)/t28-,36?,37-,41-/m0/s1. The number of rotatable bonds is 15. The van der Waals surface area contributed by atoms with Gasteiger partial charge in [0.1, 0.15) is 55.4 Å². The van der Waals surface area contributed by atoms with E-state index in [1.807, 2.05) is 30.3 Å². The van der Waals surface area contributed by atoms with Crippen molar-refractivity contribution < 1.29 is 33.4 Å². The Hall–Kier alpha value is -7.07. The predicted octanol–water partition coefficient (Wildman–Crippen LogP) is 1.31. The number of nitrogens with zero attached hydrogens (tertiary/aromatic N) is 3. The number of benzene rings is 3. The fourth-order valence-electron chi connectivity index (χ4n) is 7.33. The number of hydrogen-bond acceptors (Lipinski definition) is 12. The summed E-state index contributed by atoms with van der Waals surface area (Å²) in [6, 6.07) is 17.0. The predicted molar refractivity (Wildman–Crippen MR) is 244 cm³/mol. The lowest BCUT2D eigenvalue weighted by molar-refractivity contribution is -0.141. The number of nitriles is 1. The van der Waals surface area contributed by atoms with E-state index < -0.39 is 59.3 Å². The molecule has 3 aromatic carbocycles. The Kier molecular flexibility index (Phi) is 16.6. The van der Waals surface area contributed by atoms with Crippen LogP contribution >= 0.6 is 0 Å². The molecule has 344 valence electrons. The molecule has 4 bridgehead atoms. The van der Waals surface area contributed by atoms with E-state index in [2.05, 4.69) is 42.0 Å². The highest BCUT2D eigenvalue weighted by atomic mass is 16.5. The van der Waals surface area contributed by atoms with E-state index >= 15 is 0 Å². The first-order valence-corrected chi connectivity index (χ1v) is 21.3. The Bertz CT molecular complexity index is 2480. The molecule has 1 unspecified atom stereocenters. The largest absolute Gasteiger partial charge is 0.492 e. The molecule has 5 amide bonds. The van der Waals surface area contributed by atoms with Gasteiger partial charge in [-0.15, -0.1) is 0 Å². The van der Waals surface area contributed by atoms with Crippen LogP contribution in [0.4, 0.5) is 0 Å². The first kappa shape index (κ1) is 49.0. The van der Waals surface area contributed by atoms with Crippen molar-refractivity contribution in [1.29, 1.82) is 5.26 Å². The first-order valence-electron chi connectivity index (χ1n) is 21.3. The summed E-state index contributed by atoms with van der Waals surface area (Å²) in [5, 5.41) is 19.7. The molecule has 18 nitrogen and oxygen atoms in total. The molecule has 0 radical (unpaired) electrons. The van der Waals surface area contributed by atoms with Crippen molar-refractivity contribution in [3.05, 3.63) is 112 Å². The second kappa shape index (κ2) is 22.0. The van der Waals surface area contributed by atoms with E-state index in [-0.39, 0.29) is 63.2 Å². The van der Waals surface area contributed by atoms with Crippen LogP contribution in [-0.2, 0) is 31.0 Å². The van der Waals surface area contributed by atoms with Crippen LogP contribution in [0.3, 0.4) is 0 Å². The number of ether oxygens (including phenoxy) is 2. The Balaban J connectivity index is 1.55. The van der Waals surface area contributed by atoms with Crippen LogP contribution in [0, 0.1) is 11.3 Å². The summed E-state index contributed by atoms with van der Waals surface area (Å²) < 4.78 is 13.6. The summed E-state index contributed by atoms with van der Waals surface area (Å²) in [5.41, 5.74) is 20.5. The number of aromatic nitrogens is 1. The molecule has 4 aromatic rings. The average Bonchev–Trinajstić information content (AvgIpc) is 3.28. The molecule has 1 aromatic heterocycles. The van der Waals surface area contributed by atoms with Crippen LogP contribution in [0.5, 0.6) is 11.5 Å². The van der Waals surface area contributed by atoms with Crippen LogP contribution < -0.4 is 53.5 Å². The van der Waals surface area contributed by atoms with E-state index in [1.165, 1.54) is 36.9 Å². The van der Waals surface area contributed by atoms with E-state index in [0.717, 1.165) is 10.5 Å². The summed E-state index contributed by atoms with van der Waals surface area (Å²) in [6.45, 7) is 7.96. The van der Waals surface area contributed by atoms with E-state index in [4.69, 9.17) is 31.9 Å². The normalized spacial score (nSPS) is 16.7. The van der Waals surface area contributed by atoms with E-state index in [1.54, 1.807) is 36.4 Å². The van der Waals surface area contributed by atoms with Crippen molar-refractivity contribution in [2.75, 3.05) is 46.4 Å². The van der Waals surface area contributed by atoms with Crippen molar-refractivity contribution in [3.63, 3.8) is 0 Å². The topological polar surface area (TPSA) is 279 Å². The van der Waals surface area contributed by atoms with Crippen molar-refractivity contribution in [3.8, 4) is 34.4 Å². The quantitative estimate of drug-likeness (QED) is 0.0833. The maximum absolute atomic E-state index is 14.6. The lowest BCUT2D eigenvalue weighted by Crippen LogP contribution is -2.56. The molecule has 4 atom stereocenters. The number of amides is 5. The fraction of sp³-hybridized carbons (Fsp3) is 0.383. The molecule has 0 fully saturated rings. The molecule has 0 spiro atoms. The number of pyridine rings is 1. The Morgan fingerprint density at radius 2 is 1.52 bits per heavy atom. The van der Waals surface area contributed by atoms with Crippen molar-refractivity contribution in [2.24, 2.45) is 17.2 Å². The maximum atomic E-state index is 14.6. The van der Waals surface area contributed by atoms with Gasteiger partial charge in [-0.25, -0.2) is 0 Å². The maximum Gasteiger partial charge on any atom is 0.255 e. The monoisotopic (exact) mass is 890 g/mol. The zero-order valence-corrected chi connectivity index (χ0v) is 37.3. The third-order valence-electron chi connectivity index (χ3n) is 10.8. The first-order chi connectivity index (χ1) is 31.0. The van der Waals surface area contributed by atoms with E-state index in [0.29, 0.717) is 39.4 Å². The third kappa shape index (κ3) is 12.1. The highest BCUT2D eigenvalue weighted by Gasteiger charge is 2.36. The van der Waals surface area contributed by atoms with Crippen LogP contribution in [0.25, 0.3) is 16.8 Å². The number of hydrogen-bond donors (Lipinski definition) is 7. The van der Waals surface area contributed by atoms with Gasteiger partial charge in [-0.3, -0.25) is 33.3 Å². The molecular formula is C47H58N10O8. The summed E-state index contributed by atoms with van der Waals surface area (Å²) in [6.07, 6.45) is 1.43. The van der Waals surface area contributed by atoms with Crippen LogP contribution in [0.15, 0.2) is 83.8 Å². The van der Waals surface area contributed by atoms with Crippen LogP contribution in [0.1, 0.15) is 67.2 Å². The number of fused-ring (bicyclic) bond motifs is 5. The Labute approximate surface area is 377 Å². The summed E-state index contributed by atoms with van der Waals surface area (Å²) in [7, 11) is 1.38. The van der Waals surface area contributed by atoms with Gasteiger partial charge in [-0.1, -0.05) is 45.0 Å². The fourth-order valence-corrected chi connectivity index (χ4v) is 7.33. The molecule has 0 saturated carbocycles. The van der Waals surface area contributed by atoms with Crippen molar-refractivity contribution in [1.82, 2.24) is 30.7 Å². The molecule has 18 heteroatoms. The van der Waals surface area contributed by atoms with Crippen molar-refractivity contribution >= 4 is 29.5 Å². The van der Waals surface area contributed by atoms with Gasteiger partial charge in [0.15, 0.2) is 0 Å². The molecule has 1 aliphatic rings. The summed E-state index contributed by atoms with van der Waals surface area (Å²) in [5.74, 6) is -2.82. The van der Waals surface area contributed by atoms with Gasteiger partial charge in [0, 0.05) is 61.2 Å². The van der Waals surface area contributed by atoms with Crippen LogP contribution in [0.2, 0.25) is 0 Å². The van der Waals surface area contributed by atoms with Gasteiger partial charge in [0.2, 0.25) is 23.6 Å². The summed E-state index contributed by atoms with van der Waals surface area (Å²) in [4.78, 5) is 84.3. The second-order valence-electron chi connectivity index (χ2n) is 16.6. The van der Waals surface area contributed by atoms with Gasteiger partial charge < -0.3 is 52.8 Å². The number of nitrogens with two attached hydrogens (primary N) is 3. The minimum Gasteiger partial charge on any atom is -0.492 e. The Morgan fingerprint density at radius 3 is 2.12 bits per heavy atom. The molecule has 5 rings (SSSR count). The second-order valence-corrected chi connectivity index (χ2v) is 16.6. The highest BCUT2D eigenvalue weighted by Crippen LogP contribution is 2.40. The molecule has 10 N–H and O–H groups in total. The van der Waals surface area contributed by atoms with E-state index in [9.17, 15) is 28.8 Å². The number of likely N-dealkylation sites (N-methyl/N-ethyl adjacent to an activating group) is 1. The molecule has 65 heavy (non-hydrogen) atoms. The Morgan fingerprint density at radius 1 is 0.877 bits per heavy atom. The number of nitrogens with one attached hydrogen (secondary N) is 4. The number of carbonyl (C=O) groups is 5. The number of carbonyl (C=O) groups excluding carboxylic acids is 5. The SMILES string of the molecule is C[C@@H]1NC(=O)[C@@H](N(C)C(=O)C(CCN)NC(=O)c2ccn(-c3ccc(C(C)(C)C)cc3)c(=O)c2)c2ccc(OCCN)c(c2)-c2cc(ccc2OCCN)C[C@@H](C(=O)NCC#N)NC1=O. The molecule has 2 heterocycles. The lowest BCUT2D eigenvalue weighted by Gasteiger charge is -2.32. The lowest BCUT2D eigenvalue weighted by atomic mass is 9.87. The van der Waals surface area contributed by atoms with Crippen molar-refractivity contribution in [2.45, 2.75) is 70.1 Å². The van der Waals surface area contributed by atoms with Crippen LogP contribution in [-0.4, -0.2) is 104 Å². The van der Waals surface area contributed by atoms with Gasteiger partial charge in [-0.2, -0.15) is 5.26 Å². The smallest absolute Gasteiger partial charge is 0.255 e. The minimum absolute atomic E-state index is 0.00202.